The van der Waals surface area contributed by atoms with Crippen LogP contribution in [0.15, 0.2) is 48.7 Å². The zero-order valence-corrected chi connectivity index (χ0v) is 13.0. The Labute approximate surface area is 127 Å². The summed E-state index contributed by atoms with van der Waals surface area (Å²) in [7, 11) is 0. The number of ether oxygens (including phenoxy) is 1. The Balaban J connectivity index is 1.81. The number of rotatable bonds is 7. The summed E-state index contributed by atoms with van der Waals surface area (Å²) in [6, 6.07) is 14.7. The molecular weight excluding hydrogens is 260 g/mol. The average molecular weight is 284 g/mol. The van der Waals surface area contributed by atoms with Gasteiger partial charge in [-0.3, -0.25) is 4.98 Å². The molecule has 1 N–H and O–H groups in total. The molecule has 1 aromatic heterocycles. The van der Waals surface area contributed by atoms with E-state index in [4.69, 9.17) is 4.74 Å². The second kappa shape index (κ2) is 7.79. The van der Waals surface area contributed by atoms with Gasteiger partial charge in [-0.15, -0.1) is 0 Å². The fourth-order valence-corrected chi connectivity index (χ4v) is 2.19. The van der Waals surface area contributed by atoms with Crippen LogP contribution in [-0.4, -0.2) is 17.6 Å². The van der Waals surface area contributed by atoms with E-state index in [1.807, 2.05) is 44.3 Å². The standard InChI is InChI=1S/C18H24N2O/c1-14(2)21-18-9-7-16(8-10-18)15(3)19-13-11-17-6-4-5-12-20-17/h4-10,12,14-15,19H,11,13H2,1-3H3. The molecule has 3 nitrogen and oxygen atoms in total. The third kappa shape index (κ3) is 5.20. The first-order valence-electron chi connectivity index (χ1n) is 7.55. The minimum atomic E-state index is 0.213. The summed E-state index contributed by atoms with van der Waals surface area (Å²) >= 11 is 0. The van der Waals surface area contributed by atoms with Crippen LogP contribution in [0.5, 0.6) is 5.75 Å². The lowest BCUT2D eigenvalue weighted by atomic mass is 10.1. The van der Waals surface area contributed by atoms with E-state index in [2.05, 4.69) is 35.4 Å². The Morgan fingerprint density at radius 3 is 2.43 bits per heavy atom. The molecule has 112 valence electrons. The molecule has 0 saturated heterocycles. The highest BCUT2D eigenvalue weighted by Gasteiger charge is 2.05. The van der Waals surface area contributed by atoms with Crippen LogP contribution in [0, 0.1) is 0 Å². The smallest absolute Gasteiger partial charge is 0.119 e. The van der Waals surface area contributed by atoms with Gasteiger partial charge in [0.1, 0.15) is 5.75 Å². The van der Waals surface area contributed by atoms with E-state index in [1.165, 1.54) is 5.56 Å². The summed E-state index contributed by atoms with van der Waals surface area (Å²) in [6.45, 7) is 7.17. The summed E-state index contributed by atoms with van der Waals surface area (Å²) in [4.78, 5) is 4.33. The normalized spacial score (nSPS) is 12.4. The molecule has 0 aliphatic carbocycles. The second-order valence-corrected chi connectivity index (χ2v) is 5.48. The van der Waals surface area contributed by atoms with E-state index >= 15 is 0 Å². The van der Waals surface area contributed by atoms with Gasteiger partial charge in [0, 0.05) is 30.9 Å². The maximum Gasteiger partial charge on any atom is 0.119 e. The number of nitrogens with one attached hydrogen (secondary N) is 1. The SMILES string of the molecule is CC(C)Oc1ccc(C(C)NCCc2ccccn2)cc1. The van der Waals surface area contributed by atoms with Crippen LogP contribution in [0.2, 0.25) is 0 Å². The van der Waals surface area contributed by atoms with Crippen molar-refractivity contribution in [1.29, 1.82) is 0 Å². The molecule has 0 amide bonds. The van der Waals surface area contributed by atoms with E-state index in [1.54, 1.807) is 0 Å². The first kappa shape index (κ1) is 15.5. The quantitative estimate of drug-likeness (QED) is 0.840. The first-order chi connectivity index (χ1) is 10.1. The van der Waals surface area contributed by atoms with Crippen LogP contribution >= 0.6 is 0 Å². The predicted molar refractivity (Wildman–Crippen MR) is 86.6 cm³/mol. The van der Waals surface area contributed by atoms with E-state index in [0.29, 0.717) is 6.04 Å². The highest BCUT2D eigenvalue weighted by atomic mass is 16.5. The van der Waals surface area contributed by atoms with Crippen molar-refractivity contribution in [1.82, 2.24) is 10.3 Å². The Kier molecular flexibility index (Phi) is 5.76. The Morgan fingerprint density at radius 2 is 1.81 bits per heavy atom. The van der Waals surface area contributed by atoms with E-state index in [-0.39, 0.29) is 6.10 Å². The summed E-state index contributed by atoms with van der Waals surface area (Å²) in [5.41, 5.74) is 2.39. The Hall–Kier alpha value is -1.87. The van der Waals surface area contributed by atoms with Crippen LogP contribution < -0.4 is 10.1 Å². The van der Waals surface area contributed by atoms with Gasteiger partial charge in [0.05, 0.1) is 6.10 Å². The maximum atomic E-state index is 5.66. The van der Waals surface area contributed by atoms with Crippen molar-refractivity contribution < 1.29 is 4.74 Å². The zero-order valence-electron chi connectivity index (χ0n) is 13.0. The molecule has 0 aliphatic heterocycles. The van der Waals surface area contributed by atoms with Gasteiger partial charge < -0.3 is 10.1 Å². The van der Waals surface area contributed by atoms with Crippen molar-refractivity contribution >= 4 is 0 Å². The molecule has 0 bridgehead atoms. The molecule has 1 heterocycles. The molecule has 0 saturated carbocycles. The number of hydrogen-bond donors (Lipinski definition) is 1. The first-order valence-corrected chi connectivity index (χ1v) is 7.55. The third-order valence-corrected chi connectivity index (χ3v) is 3.31. The molecular formula is C18H24N2O. The Bertz CT molecular complexity index is 523. The largest absolute Gasteiger partial charge is 0.491 e. The van der Waals surface area contributed by atoms with Crippen LogP contribution in [0.3, 0.4) is 0 Å². The number of nitrogens with zero attached hydrogens (tertiary/aromatic N) is 1. The van der Waals surface area contributed by atoms with Gasteiger partial charge in [-0.05, 0) is 50.6 Å². The monoisotopic (exact) mass is 284 g/mol. The van der Waals surface area contributed by atoms with Crippen LogP contribution in [0.1, 0.15) is 38.1 Å². The van der Waals surface area contributed by atoms with Gasteiger partial charge >= 0.3 is 0 Å². The van der Waals surface area contributed by atoms with Crippen molar-refractivity contribution in [2.24, 2.45) is 0 Å². The number of aromatic nitrogens is 1. The van der Waals surface area contributed by atoms with Crippen LogP contribution in [0.4, 0.5) is 0 Å². The number of benzene rings is 1. The molecule has 1 atom stereocenters. The molecule has 3 heteroatoms. The van der Waals surface area contributed by atoms with Gasteiger partial charge in [0.2, 0.25) is 0 Å². The minimum Gasteiger partial charge on any atom is -0.491 e. The van der Waals surface area contributed by atoms with E-state index < -0.39 is 0 Å². The van der Waals surface area contributed by atoms with Gasteiger partial charge in [-0.25, -0.2) is 0 Å². The fraction of sp³-hybridized carbons (Fsp3) is 0.389. The van der Waals surface area contributed by atoms with Gasteiger partial charge in [-0.2, -0.15) is 0 Å². The second-order valence-electron chi connectivity index (χ2n) is 5.48. The van der Waals surface area contributed by atoms with Crippen molar-refractivity contribution in [3.8, 4) is 5.75 Å². The van der Waals surface area contributed by atoms with Gasteiger partial charge in [0.15, 0.2) is 0 Å². The van der Waals surface area contributed by atoms with Crippen molar-refractivity contribution in [2.45, 2.75) is 39.3 Å². The van der Waals surface area contributed by atoms with Crippen LogP contribution in [0.25, 0.3) is 0 Å². The predicted octanol–water partition coefficient (Wildman–Crippen LogP) is 3.76. The van der Waals surface area contributed by atoms with E-state index in [9.17, 15) is 0 Å². The fourth-order valence-electron chi connectivity index (χ4n) is 2.19. The van der Waals surface area contributed by atoms with Gasteiger partial charge in [-0.1, -0.05) is 18.2 Å². The molecule has 0 aliphatic rings. The molecule has 0 spiro atoms. The lowest BCUT2D eigenvalue weighted by molar-refractivity contribution is 0.242. The van der Waals surface area contributed by atoms with Crippen molar-refractivity contribution in [2.75, 3.05) is 6.54 Å². The molecule has 0 fully saturated rings. The lowest BCUT2D eigenvalue weighted by Gasteiger charge is -2.15. The highest BCUT2D eigenvalue weighted by molar-refractivity contribution is 5.29. The summed E-state index contributed by atoms with van der Waals surface area (Å²) in [6.07, 6.45) is 3.00. The molecule has 2 aromatic rings. The minimum absolute atomic E-state index is 0.213. The summed E-state index contributed by atoms with van der Waals surface area (Å²) in [5.74, 6) is 0.925. The van der Waals surface area contributed by atoms with Crippen LogP contribution in [-0.2, 0) is 6.42 Å². The molecule has 2 rings (SSSR count). The van der Waals surface area contributed by atoms with Crippen molar-refractivity contribution in [3.63, 3.8) is 0 Å². The number of pyridine rings is 1. The lowest BCUT2D eigenvalue weighted by Crippen LogP contribution is -2.21. The third-order valence-electron chi connectivity index (χ3n) is 3.31. The zero-order chi connectivity index (χ0) is 15.1. The number of hydrogen-bond acceptors (Lipinski definition) is 3. The Morgan fingerprint density at radius 1 is 1.05 bits per heavy atom. The summed E-state index contributed by atoms with van der Waals surface area (Å²) < 4.78 is 5.66. The molecule has 1 aromatic carbocycles. The molecule has 0 radical (unpaired) electrons. The topological polar surface area (TPSA) is 34.1 Å². The molecule has 21 heavy (non-hydrogen) atoms. The maximum absolute atomic E-state index is 5.66. The molecule has 1 unspecified atom stereocenters. The highest BCUT2D eigenvalue weighted by Crippen LogP contribution is 2.18. The van der Waals surface area contributed by atoms with Crippen molar-refractivity contribution in [3.05, 3.63) is 59.9 Å². The average Bonchev–Trinajstić information content (AvgIpc) is 2.48. The van der Waals surface area contributed by atoms with E-state index in [0.717, 1.165) is 24.4 Å². The van der Waals surface area contributed by atoms with Gasteiger partial charge in [0.25, 0.3) is 0 Å². The summed E-state index contributed by atoms with van der Waals surface area (Å²) in [5, 5.41) is 3.53.